The molecule has 96 valence electrons. The topological polar surface area (TPSA) is 47.1 Å². The lowest BCUT2D eigenvalue weighted by Gasteiger charge is -2.33. The highest BCUT2D eigenvalue weighted by Gasteiger charge is 2.23. The van der Waals surface area contributed by atoms with Gasteiger partial charge in [-0.2, -0.15) is 5.10 Å². The van der Waals surface area contributed by atoms with Crippen molar-refractivity contribution in [2.45, 2.75) is 46.6 Å². The first kappa shape index (κ1) is 12.3. The van der Waals surface area contributed by atoms with Crippen molar-refractivity contribution in [3.63, 3.8) is 0 Å². The molecular formula is C13H24N4. The standard InChI is InChI=1S/C13H24N4/c1-4-7-17-13(12(14)11(3)15-17)16-8-5-6-10(2)9-16/h10H,4-9,14H2,1-3H3. The zero-order chi connectivity index (χ0) is 12.4. The number of hydrogen-bond donors (Lipinski definition) is 1. The third-order valence-corrected chi connectivity index (χ3v) is 3.54. The number of aryl methyl sites for hydroxylation is 2. The van der Waals surface area contributed by atoms with Crippen LogP contribution in [0.5, 0.6) is 0 Å². The number of nitrogens with zero attached hydrogens (tertiary/aromatic N) is 3. The van der Waals surface area contributed by atoms with Gasteiger partial charge in [-0.3, -0.25) is 0 Å². The van der Waals surface area contributed by atoms with Crippen molar-refractivity contribution in [1.29, 1.82) is 0 Å². The molecule has 0 spiro atoms. The van der Waals surface area contributed by atoms with Crippen LogP contribution in [0.4, 0.5) is 11.5 Å². The average molecular weight is 236 g/mol. The summed E-state index contributed by atoms with van der Waals surface area (Å²) in [5.41, 5.74) is 8.02. The van der Waals surface area contributed by atoms with Crippen molar-refractivity contribution >= 4 is 11.5 Å². The van der Waals surface area contributed by atoms with Gasteiger partial charge in [0.15, 0.2) is 5.82 Å². The van der Waals surface area contributed by atoms with E-state index < -0.39 is 0 Å². The molecule has 0 aromatic carbocycles. The fraction of sp³-hybridized carbons (Fsp3) is 0.769. The molecular weight excluding hydrogens is 212 g/mol. The maximum absolute atomic E-state index is 6.18. The minimum atomic E-state index is 0.758. The zero-order valence-corrected chi connectivity index (χ0v) is 11.2. The van der Waals surface area contributed by atoms with Crippen LogP contribution in [0.1, 0.15) is 38.8 Å². The minimum Gasteiger partial charge on any atom is -0.394 e. The Balaban J connectivity index is 2.28. The maximum Gasteiger partial charge on any atom is 0.150 e. The predicted octanol–water partition coefficient (Wildman–Crippen LogP) is 2.42. The normalized spacial score (nSPS) is 20.9. The average Bonchev–Trinajstić information content (AvgIpc) is 2.55. The summed E-state index contributed by atoms with van der Waals surface area (Å²) in [6, 6.07) is 0. The molecule has 2 N–H and O–H groups in total. The van der Waals surface area contributed by atoms with E-state index in [1.807, 2.05) is 6.92 Å². The molecule has 1 aromatic heterocycles. The van der Waals surface area contributed by atoms with Gasteiger partial charge >= 0.3 is 0 Å². The second kappa shape index (κ2) is 4.98. The predicted molar refractivity (Wildman–Crippen MR) is 72.3 cm³/mol. The fourth-order valence-electron chi connectivity index (χ4n) is 2.67. The molecule has 0 aliphatic carbocycles. The van der Waals surface area contributed by atoms with E-state index in [-0.39, 0.29) is 0 Å². The Kier molecular flexibility index (Phi) is 3.60. The van der Waals surface area contributed by atoms with E-state index in [0.717, 1.165) is 49.2 Å². The van der Waals surface area contributed by atoms with Crippen LogP contribution in [0, 0.1) is 12.8 Å². The van der Waals surface area contributed by atoms with Gasteiger partial charge in [0, 0.05) is 19.6 Å². The quantitative estimate of drug-likeness (QED) is 0.876. The van der Waals surface area contributed by atoms with Crippen molar-refractivity contribution in [3.8, 4) is 0 Å². The summed E-state index contributed by atoms with van der Waals surface area (Å²) in [5.74, 6) is 1.91. The van der Waals surface area contributed by atoms with Crippen molar-refractivity contribution in [2.24, 2.45) is 5.92 Å². The smallest absolute Gasteiger partial charge is 0.150 e. The molecule has 1 aliphatic rings. The Morgan fingerprint density at radius 3 is 2.88 bits per heavy atom. The van der Waals surface area contributed by atoms with E-state index >= 15 is 0 Å². The van der Waals surface area contributed by atoms with Crippen LogP contribution < -0.4 is 10.6 Å². The summed E-state index contributed by atoms with van der Waals surface area (Å²) in [6.07, 6.45) is 3.69. The van der Waals surface area contributed by atoms with Gasteiger partial charge in [0.2, 0.25) is 0 Å². The van der Waals surface area contributed by atoms with Gasteiger partial charge in [-0.05, 0) is 32.1 Å². The van der Waals surface area contributed by atoms with Gasteiger partial charge in [-0.1, -0.05) is 13.8 Å². The highest BCUT2D eigenvalue weighted by molar-refractivity contribution is 5.66. The molecule has 4 heteroatoms. The monoisotopic (exact) mass is 236 g/mol. The summed E-state index contributed by atoms with van der Waals surface area (Å²) in [5, 5.41) is 4.55. The van der Waals surface area contributed by atoms with Crippen molar-refractivity contribution in [1.82, 2.24) is 9.78 Å². The number of nitrogen functional groups attached to an aromatic ring is 1. The van der Waals surface area contributed by atoms with Crippen LogP contribution in [0.25, 0.3) is 0 Å². The number of piperidine rings is 1. The summed E-state index contributed by atoms with van der Waals surface area (Å²) in [4.78, 5) is 2.42. The van der Waals surface area contributed by atoms with Gasteiger partial charge in [0.1, 0.15) is 0 Å². The van der Waals surface area contributed by atoms with Crippen LogP contribution in [-0.4, -0.2) is 22.9 Å². The van der Waals surface area contributed by atoms with Crippen LogP contribution in [0.2, 0.25) is 0 Å². The molecule has 4 nitrogen and oxygen atoms in total. The third kappa shape index (κ3) is 2.40. The number of aromatic nitrogens is 2. The second-order valence-electron chi connectivity index (χ2n) is 5.24. The number of nitrogens with two attached hydrogens (primary N) is 1. The molecule has 0 amide bonds. The summed E-state index contributed by atoms with van der Waals surface area (Å²) in [6.45, 7) is 9.67. The van der Waals surface area contributed by atoms with Crippen LogP contribution in [0.15, 0.2) is 0 Å². The van der Waals surface area contributed by atoms with Crippen molar-refractivity contribution in [2.75, 3.05) is 23.7 Å². The largest absolute Gasteiger partial charge is 0.394 e. The van der Waals surface area contributed by atoms with E-state index in [4.69, 9.17) is 5.73 Å². The first-order valence-electron chi connectivity index (χ1n) is 6.71. The van der Waals surface area contributed by atoms with E-state index in [2.05, 4.69) is 28.5 Å². The number of hydrogen-bond acceptors (Lipinski definition) is 3. The van der Waals surface area contributed by atoms with Gasteiger partial charge < -0.3 is 10.6 Å². The lowest BCUT2D eigenvalue weighted by Crippen LogP contribution is -2.36. The van der Waals surface area contributed by atoms with Crippen LogP contribution >= 0.6 is 0 Å². The first-order chi connectivity index (χ1) is 8.13. The highest BCUT2D eigenvalue weighted by atomic mass is 15.4. The molecule has 1 fully saturated rings. The number of rotatable bonds is 3. The second-order valence-corrected chi connectivity index (χ2v) is 5.24. The molecule has 1 aromatic rings. The highest BCUT2D eigenvalue weighted by Crippen LogP contribution is 2.30. The lowest BCUT2D eigenvalue weighted by molar-refractivity contribution is 0.436. The molecule has 1 saturated heterocycles. The first-order valence-corrected chi connectivity index (χ1v) is 6.71. The third-order valence-electron chi connectivity index (χ3n) is 3.54. The molecule has 0 radical (unpaired) electrons. The molecule has 1 atom stereocenters. The maximum atomic E-state index is 6.18. The van der Waals surface area contributed by atoms with Crippen LogP contribution in [-0.2, 0) is 6.54 Å². The van der Waals surface area contributed by atoms with E-state index in [1.54, 1.807) is 0 Å². The molecule has 2 rings (SSSR count). The van der Waals surface area contributed by atoms with Crippen molar-refractivity contribution < 1.29 is 0 Å². The van der Waals surface area contributed by atoms with Gasteiger partial charge in [0.25, 0.3) is 0 Å². The van der Waals surface area contributed by atoms with E-state index in [0.29, 0.717) is 0 Å². The summed E-state index contributed by atoms with van der Waals surface area (Å²) in [7, 11) is 0. The molecule has 0 bridgehead atoms. The Hall–Kier alpha value is -1.19. The van der Waals surface area contributed by atoms with Crippen molar-refractivity contribution in [3.05, 3.63) is 5.69 Å². The molecule has 0 saturated carbocycles. The lowest BCUT2D eigenvalue weighted by atomic mass is 10.0. The van der Waals surface area contributed by atoms with E-state index in [9.17, 15) is 0 Å². The fourth-order valence-corrected chi connectivity index (χ4v) is 2.67. The Bertz CT molecular complexity index is 383. The molecule has 1 aliphatic heterocycles. The van der Waals surface area contributed by atoms with E-state index in [1.165, 1.54) is 12.8 Å². The van der Waals surface area contributed by atoms with Gasteiger partial charge in [-0.25, -0.2) is 4.68 Å². The Morgan fingerprint density at radius 1 is 1.47 bits per heavy atom. The number of anilines is 2. The Morgan fingerprint density at radius 2 is 2.24 bits per heavy atom. The minimum absolute atomic E-state index is 0.758. The summed E-state index contributed by atoms with van der Waals surface area (Å²) >= 11 is 0. The zero-order valence-electron chi connectivity index (χ0n) is 11.2. The molecule has 2 heterocycles. The Labute approximate surface area is 104 Å². The molecule has 1 unspecified atom stereocenters. The SMILES string of the molecule is CCCn1nc(C)c(N)c1N1CCCC(C)C1. The van der Waals surface area contributed by atoms with Gasteiger partial charge in [-0.15, -0.1) is 0 Å². The molecule has 17 heavy (non-hydrogen) atoms. The van der Waals surface area contributed by atoms with Gasteiger partial charge in [0.05, 0.1) is 11.4 Å². The summed E-state index contributed by atoms with van der Waals surface area (Å²) < 4.78 is 2.09. The van der Waals surface area contributed by atoms with Crippen LogP contribution in [0.3, 0.4) is 0 Å².